The second-order valence-corrected chi connectivity index (χ2v) is 7.80. The number of carbonyl (C=O) groups excluding carboxylic acids is 2. The summed E-state index contributed by atoms with van der Waals surface area (Å²) in [5.74, 6) is 0.883. The lowest BCUT2D eigenvalue weighted by Crippen LogP contribution is -2.27. The maximum atomic E-state index is 13.1. The molecule has 0 bridgehead atoms. The van der Waals surface area contributed by atoms with Gasteiger partial charge in [-0.05, 0) is 42.6 Å². The summed E-state index contributed by atoms with van der Waals surface area (Å²) < 4.78 is 5.49. The van der Waals surface area contributed by atoms with Crippen molar-refractivity contribution in [2.24, 2.45) is 5.92 Å². The number of Topliss-reactive ketones (excluding diaryl/α,β-unsaturated/α-hetero) is 1. The van der Waals surface area contributed by atoms with Crippen LogP contribution in [0.1, 0.15) is 28.2 Å². The first-order chi connectivity index (χ1) is 14.7. The number of rotatable bonds is 8. The van der Waals surface area contributed by atoms with E-state index in [4.69, 9.17) is 4.18 Å². The van der Waals surface area contributed by atoms with Crippen LogP contribution < -0.4 is 16.0 Å². The average Bonchev–Trinajstić information content (AvgIpc) is 3.12. The number of aromatic amines is 1. The Morgan fingerprint density at radius 2 is 2.10 bits per heavy atom. The fourth-order valence-electron chi connectivity index (χ4n) is 3.89. The van der Waals surface area contributed by atoms with Gasteiger partial charge in [0.2, 0.25) is 6.41 Å². The van der Waals surface area contributed by atoms with Crippen LogP contribution in [0.15, 0.2) is 48.3 Å². The molecule has 1 aromatic heterocycles. The molecule has 1 aromatic carbocycles. The van der Waals surface area contributed by atoms with Gasteiger partial charge in [-0.15, -0.1) is 0 Å². The van der Waals surface area contributed by atoms with Crippen molar-refractivity contribution in [1.82, 2.24) is 15.6 Å². The molecule has 1 aliphatic carbocycles. The van der Waals surface area contributed by atoms with Gasteiger partial charge in [0.15, 0.2) is 5.78 Å². The Hall–Kier alpha value is -2.97. The van der Waals surface area contributed by atoms with Crippen LogP contribution in [0.4, 0.5) is 11.4 Å². The number of H-pyrrole nitrogens is 1. The molecule has 0 spiro atoms. The summed E-state index contributed by atoms with van der Waals surface area (Å²) in [4.78, 5) is 27.5. The highest BCUT2D eigenvalue weighted by Gasteiger charge is 2.32. The van der Waals surface area contributed by atoms with Crippen molar-refractivity contribution >= 4 is 41.2 Å². The van der Waals surface area contributed by atoms with Crippen LogP contribution in [0.25, 0.3) is 5.57 Å². The SMILES string of the molecule is CSOCC1CC(=O)c2c([nH]c(C3=CCNC(NC=O)=C3)c2Nc2ccccc2)C1. The minimum absolute atomic E-state index is 0.108. The van der Waals surface area contributed by atoms with Crippen molar-refractivity contribution in [2.45, 2.75) is 12.8 Å². The maximum Gasteiger partial charge on any atom is 0.212 e. The number of amides is 1. The number of benzene rings is 1. The molecule has 30 heavy (non-hydrogen) atoms. The number of hydrogen-bond donors (Lipinski definition) is 4. The first-order valence-electron chi connectivity index (χ1n) is 9.81. The second kappa shape index (κ2) is 9.23. The Bertz CT molecular complexity index is 997. The summed E-state index contributed by atoms with van der Waals surface area (Å²) >= 11 is 1.32. The summed E-state index contributed by atoms with van der Waals surface area (Å²) in [7, 11) is 0. The molecule has 7 nitrogen and oxygen atoms in total. The number of allylic oxidation sites excluding steroid dienone is 2. The van der Waals surface area contributed by atoms with Gasteiger partial charge in [0.05, 0.1) is 23.6 Å². The van der Waals surface area contributed by atoms with E-state index in [1.165, 1.54) is 12.0 Å². The van der Waals surface area contributed by atoms with Crippen LogP contribution in [-0.4, -0.2) is 36.6 Å². The minimum Gasteiger partial charge on any atom is -0.368 e. The highest BCUT2D eigenvalue weighted by molar-refractivity contribution is 7.93. The van der Waals surface area contributed by atoms with E-state index in [1.54, 1.807) is 0 Å². The monoisotopic (exact) mass is 424 g/mol. The quantitative estimate of drug-likeness (QED) is 0.383. The molecule has 1 aliphatic heterocycles. The molecular weight excluding hydrogens is 400 g/mol. The van der Waals surface area contributed by atoms with E-state index in [2.05, 4.69) is 20.9 Å². The summed E-state index contributed by atoms with van der Waals surface area (Å²) in [6.45, 7) is 1.12. The molecule has 1 atom stereocenters. The van der Waals surface area contributed by atoms with Crippen molar-refractivity contribution in [3.8, 4) is 0 Å². The van der Waals surface area contributed by atoms with Gasteiger partial charge < -0.3 is 25.1 Å². The van der Waals surface area contributed by atoms with Crippen molar-refractivity contribution in [3.63, 3.8) is 0 Å². The van der Waals surface area contributed by atoms with E-state index in [-0.39, 0.29) is 11.7 Å². The van der Waals surface area contributed by atoms with E-state index in [1.807, 2.05) is 48.7 Å². The number of fused-ring (bicyclic) bond motifs is 1. The molecule has 1 amide bonds. The number of ketones is 1. The van der Waals surface area contributed by atoms with Crippen molar-refractivity contribution in [2.75, 3.05) is 24.7 Å². The molecule has 0 radical (unpaired) electrons. The smallest absolute Gasteiger partial charge is 0.212 e. The predicted octanol–water partition coefficient (Wildman–Crippen LogP) is 3.37. The number of anilines is 2. The predicted molar refractivity (Wildman–Crippen MR) is 119 cm³/mol. The van der Waals surface area contributed by atoms with E-state index >= 15 is 0 Å². The zero-order valence-corrected chi connectivity index (χ0v) is 17.5. The standard InChI is InChI=1S/C22H24N4O3S/c1-30-29-12-14-9-17-20(18(28)10-14)22(25-16-5-3-2-4-6-16)21(26-17)15-7-8-23-19(11-15)24-13-27/h2-7,11,13-14,23,25-26H,8-10,12H2,1H3,(H,24,27). The zero-order valence-electron chi connectivity index (χ0n) is 16.7. The average molecular weight is 425 g/mol. The van der Waals surface area contributed by atoms with E-state index in [0.29, 0.717) is 37.4 Å². The van der Waals surface area contributed by atoms with Crippen LogP contribution in [0.3, 0.4) is 0 Å². The van der Waals surface area contributed by atoms with Gasteiger partial charge in [-0.1, -0.05) is 24.3 Å². The maximum absolute atomic E-state index is 13.1. The molecule has 4 rings (SSSR count). The van der Waals surface area contributed by atoms with Gasteiger partial charge in [0, 0.05) is 36.2 Å². The molecular formula is C22H24N4O3S. The highest BCUT2D eigenvalue weighted by atomic mass is 32.2. The fraction of sp³-hybridized carbons (Fsp3) is 0.273. The van der Waals surface area contributed by atoms with Gasteiger partial charge in [0.1, 0.15) is 5.82 Å². The van der Waals surface area contributed by atoms with Crippen LogP contribution in [0.5, 0.6) is 0 Å². The van der Waals surface area contributed by atoms with Gasteiger partial charge in [-0.3, -0.25) is 9.59 Å². The number of dihydropyridines is 1. The van der Waals surface area contributed by atoms with Crippen LogP contribution in [0.2, 0.25) is 0 Å². The molecule has 2 aromatic rings. The Balaban J connectivity index is 1.75. The molecule has 2 heterocycles. The number of para-hydroxylation sites is 1. The Kier molecular flexibility index (Phi) is 6.25. The molecule has 0 saturated carbocycles. The largest absolute Gasteiger partial charge is 0.368 e. The van der Waals surface area contributed by atoms with Gasteiger partial charge in [-0.25, -0.2) is 0 Å². The first-order valence-corrected chi connectivity index (χ1v) is 11.0. The molecule has 8 heteroatoms. The third-order valence-electron chi connectivity index (χ3n) is 5.21. The van der Waals surface area contributed by atoms with Gasteiger partial charge >= 0.3 is 0 Å². The lowest BCUT2D eigenvalue weighted by Gasteiger charge is -2.21. The normalized spacial score (nSPS) is 18.0. The first kappa shape index (κ1) is 20.3. The van der Waals surface area contributed by atoms with Gasteiger partial charge in [0.25, 0.3) is 0 Å². The Labute approximate surface area is 179 Å². The van der Waals surface area contributed by atoms with Crippen LogP contribution in [0, 0.1) is 5.92 Å². The number of carbonyl (C=O) groups is 2. The van der Waals surface area contributed by atoms with Gasteiger partial charge in [-0.2, -0.15) is 0 Å². The Morgan fingerprint density at radius 3 is 2.87 bits per heavy atom. The summed E-state index contributed by atoms with van der Waals surface area (Å²) in [5.41, 5.74) is 5.08. The lowest BCUT2D eigenvalue weighted by atomic mass is 9.86. The van der Waals surface area contributed by atoms with Crippen molar-refractivity contribution < 1.29 is 13.8 Å². The molecule has 2 aliphatic rings. The molecule has 156 valence electrons. The van der Waals surface area contributed by atoms with Crippen molar-refractivity contribution in [1.29, 1.82) is 0 Å². The third kappa shape index (κ3) is 4.29. The molecule has 4 N–H and O–H groups in total. The van der Waals surface area contributed by atoms with Crippen molar-refractivity contribution in [3.05, 3.63) is 65.3 Å². The summed E-state index contributed by atoms with van der Waals surface area (Å²) in [6, 6.07) is 9.80. The number of nitrogens with one attached hydrogen (secondary N) is 4. The number of hydrogen-bond acceptors (Lipinski definition) is 6. The van der Waals surface area contributed by atoms with E-state index in [9.17, 15) is 9.59 Å². The fourth-order valence-corrected chi connectivity index (χ4v) is 4.22. The topological polar surface area (TPSA) is 95.2 Å². The number of aromatic nitrogens is 1. The zero-order chi connectivity index (χ0) is 20.9. The molecule has 0 saturated heterocycles. The minimum atomic E-state index is 0.108. The Morgan fingerprint density at radius 1 is 1.27 bits per heavy atom. The lowest BCUT2D eigenvalue weighted by molar-refractivity contribution is -0.109. The van der Waals surface area contributed by atoms with Crippen LogP contribution >= 0.6 is 12.0 Å². The third-order valence-corrected chi connectivity index (χ3v) is 5.58. The highest BCUT2D eigenvalue weighted by Crippen LogP contribution is 2.39. The molecule has 1 unspecified atom stereocenters. The van der Waals surface area contributed by atoms with Crippen LogP contribution in [-0.2, 0) is 15.4 Å². The van der Waals surface area contributed by atoms with E-state index in [0.717, 1.165) is 34.8 Å². The second-order valence-electron chi connectivity index (χ2n) is 7.23. The molecule has 0 fully saturated rings. The summed E-state index contributed by atoms with van der Waals surface area (Å²) in [6.07, 6.45) is 7.63. The van der Waals surface area contributed by atoms with E-state index < -0.39 is 0 Å². The summed E-state index contributed by atoms with van der Waals surface area (Å²) in [5, 5.41) is 9.22.